The van der Waals surface area contributed by atoms with Gasteiger partial charge in [-0.25, -0.2) is 15.0 Å². The molecule has 0 saturated heterocycles. The Hall–Kier alpha value is -3.76. The number of pyridine rings is 2. The van der Waals surface area contributed by atoms with Crippen LogP contribution < -0.4 is 5.73 Å². The van der Waals surface area contributed by atoms with Crippen LogP contribution in [0.3, 0.4) is 0 Å². The molecule has 0 aromatic carbocycles. The summed E-state index contributed by atoms with van der Waals surface area (Å²) in [5.41, 5.74) is 7.22. The zero-order chi connectivity index (χ0) is 21.6. The van der Waals surface area contributed by atoms with Crippen molar-refractivity contribution in [2.75, 3.05) is 12.8 Å². The molecule has 1 amide bonds. The number of anilines is 1. The predicted octanol–water partition coefficient (Wildman–Crippen LogP) is 3.11. The minimum atomic E-state index is -4.47. The molecule has 154 valence electrons. The van der Waals surface area contributed by atoms with E-state index >= 15 is 0 Å². The van der Waals surface area contributed by atoms with Crippen LogP contribution in [0, 0.1) is 0 Å². The van der Waals surface area contributed by atoms with E-state index in [-0.39, 0.29) is 5.69 Å². The van der Waals surface area contributed by atoms with E-state index in [1.165, 1.54) is 24.2 Å². The lowest BCUT2D eigenvalue weighted by Crippen LogP contribution is -2.31. The quantitative estimate of drug-likeness (QED) is 0.552. The van der Waals surface area contributed by atoms with Gasteiger partial charge >= 0.3 is 6.18 Å². The lowest BCUT2D eigenvalue weighted by molar-refractivity contribution is -0.137. The normalized spacial score (nSPS) is 13.0. The number of fused-ring (bicyclic) bond motifs is 3. The maximum Gasteiger partial charge on any atom is 0.417 e. The molecule has 0 saturated carbocycles. The van der Waals surface area contributed by atoms with Gasteiger partial charge in [-0.3, -0.25) is 14.2 Å². The van der Waals surface area contributed by atoms with Gasteiger partial charge in [0.15, 0.2) is 0 Å². The zero-order valence-electron chi connectivity index (χ0n) is 15.9. The van der Waals surface area contributed by atoms with Crippen molar-refractivity contribution in [3.05, 3.63) is 60.1 Å². The molecule has 0 aliphatic rings. The van der Waals surface area contributed by atoms with E-state index in [0.29, 0.717) is 28.1 Å². The Bertz CT molecular complexity index is 1250. The second-order valence-corrected chi connectivity index (χ2v) is 6.77. The minimum Gasteiger partial charge on any atom is -0.382 e. The molecular formula is C19H16F3N7O. The molecule has 4 aromatic rings. The fourth-order valence-corrected chi connectivity index (χ4v) is 3.07. The number of halogens is 3. The molecule has 4 rings (SSSR count). The zero-order valence-corrected chi connectivity index (χ0v) is 15.9. The number of nitrogen functional groups attached to an aromatic ring is 1. The fourth-order valence-electron chi connectivity index (χ4n) is 3.07. The Morgan fingerprint density at radius 1 is 1.17 bits per heavy atom. The number of rotatable bonds is 3. The van der Waals surface area contributed by atoms with Crippen LogP contribution in [0.2, 0.25) is 0 Å². The van der Waals surface area contributed by atoms with Crippen LogP contribution in [-0.4, -0.2) is 42.2 Å². The van der Waals surface area contributed by atoms with Crippen molar-refractivity contribution in [2.24, 2.45) is 0 Å². The van der Waals surface area contributed by atoms with E-state index in [0.717, 1.165) is 12.3 Å². The van der Waals surface area contributed by atoms with Gasteiger partial charge in [0, 0.05) is 13.2 Å². The smallest absolute Gasteiger partial charge is 0.382 e. The van der Waals surface area contributed by atoms with Crippen LogP contribution in [0.25, 0.3) is 16.6 Å². The molecule has 4 heterocycles. The Balaban J connectivity index is 1.65. The molecule has 1 atom stereocenters. The third-order valence-corrected chi connectivity index (χ3v) is 4.93. The maximum absolute atomic E-state index is 13.0. The largest absolute Gasteiger partial charge is 0.417 e. The van der Waals surface area contributed by atoms with Crippen LogP contribution in [0.1, 0.15) is 34.7 Å². The Kier molecular flexibility index (Phi) is 4.52. The highest BCUT2D eigenvalue weighted by molar-refractivity contribution is 5.96. The molecule has 0 spiro atoms. The van der Waals surface area contributed by atoms with Crippen LogP contribution >= 0.6 is 0 Å². The molecule has 4 aromatic heterocycles. The van der Waals surface area contributed by atoms with E-state index in [4.69, 9.17) is 5.73 Å². The molecule has 0 unspecified atom stereocenters. The molecule has 0 bridgehead atoms. The topological polar surface area (TPSA) is 102 Å². The number of amides is 1. The fraction of sp³-hybridized carbons (Fsp3) is 0.211. The number of hydrogen-bond acceptors (Lipinski definition) is 6. The van der Waals surface area contributed by atoms with Crippen LogP contribution in [0.5, 0.6) is 0 Å². The van der Waals surface area contributed by atoms with E-state index in [9.17, 15) is 18.0 Å². The van der Waals surface area contributed by atoms with Crippen LogP contribution in [-0.2, 0) is 6.18 Å². The maximum atomic E-state index is 13.0. The average Bonchev–Trinajstić information content (AvgIpc) is 3.22. The van der Waals surface area contributed by atoms with Crippen molar-refractivity contribution < 1.29 is 18.0 Å². The average molecular weight is 415 g/mol. The van der Waals surface area contributed by atoms with Gasteiger partial charge in [-0.2, -0.15) is 13.2 Å². The highest BCUT2D eigenvalue weighted by Crippen LogP contribution is 2.29. The second-order valence-electron chi connectivity index (χ2n) is 6.77. The third kappa shape index (κ3) is 3.27. The summed E-state index contributed by atoms with van der Waals surface area (Å²) in [5, 5.41) is 0. The van der Waals surface area contributed by atoms with Gasteiger partial charge in [0.25, 0.3) is 5.91 Å². The summed E-state index contributed by atoms with van der Waals surface area (Å²) < 4.78 is 39.9. The summed E-state index contributed by atoms with van der Waals surface area (Å²) in [6.45, 7) is 1.67. The Morgan fingerprint density at radius 2 is 1.93 bits per heavy atom. The first-order chi connectivity index (χ1) is 14.2. The number of aromatic nitrogens is 5. The second kappa shape index (κ2) is 6.94. The highest BCUT2D eigenvalue weighted by Gasteiger charge is 2.31. The van der Waals surface area contributed by atoms with Crippen molar-refractivity contribution in [1.29, 1.82) is 0 Å². The van der Waals surface area contributed by atoms with Gasteiger partial charge in [0.05, 0.1) is 41.5 Å². The molecule has 0 aliphatic heterocycles. The number of alkyl halides is 3. The van der Waals surface area contributed by atoms with Crippen molar-refractivity contribution in [3.63, 3.8) is 0 Å². The molecule has 2 N–H and O–H groups in total. The van der Waals surface area contributed by atoms with Gasteiger partial charge in [-0.15, -0.1) is 0 Å². The monoisotopic (exact) mass is 415 g/mol. The van der Waals surface area contributed by atoms with Gasteiger partial charge in [-0.1, -0.05) is 0 Å². The van der Waals surface area contributed by atoms with E-state index in [1.54, 1.807) is 29.9 Å². The third-order valence-electron chi connectivity index (χ3n) is 4.93. The van der Waals surface area contributed by atoms with Crippen molar-refractivity contribution in [1.82, 2.24) is 29.2 Å². The molecule has 0 aliphatic carbocycles. The van der Waals surface area contributed by atoms with Crippen LogP contribution in [0.4, 0.5) is 19.0 Å². The minimum absolute atomic E-state index is 0.144. The summed E-state index contributed by atoms with van der Waals surface area (Å²) in [5.74, 6) is -0.129. The van der Waals surface area contributed by atoms with E-state index in [1.807, 2.05) is 0 Å². The lowest BCUT2D eigenvalue weighted by Gasteiger charge is -2.24. The number of carbonyl (C=O) groups excluding carboxylic acids is 1. The van der Waals surface area contributed by atoms with Crippen molar-refractivity contribution in [3.8, 4) is 0 Å². The summed E-state index contributed by atoms with van der Waals surface area (Å²) in [6.07, 6.45) is 0.843. The molecular weight excluding hydrogens is 399 g/mol. The SMILES string of the molecule is C[C@H](c1ccc(C(F)(F)F)cn1)N(C)C(=O)c1cc2c(cn1)nc(N)c1cncn12. The molecule has 11 heteroatoms. The number of nitrogens with two attached hydrogens (primary N) is 1. The molecule has 0 radical (unpaired) electrons. The van der Waals surface area contributed by atoms with E-state index < -0.39 is 23.7 Å². The molecule has 8 nitrogen and oxygen atoms in total. The first kappa shape index (κ1) is 19.6. The van der Waals surface area contributed by atoms with Gasteiger partial charge in [0.1, 0.15) is 22.5 Å². The van der Waals surface area contributed by atoms with E-state index in [2.05, 4.69) is 19.9 Å². The van der Waals surface area contributed by atoms with Gasteiger partial charge in [-0.05, 0) is 25.1 Å². The Labute approximate surface area is 168 Å². The van der Waals surface area contributed by atoms with Gasteiger partial charge in [0.2, 0.25) is 0 Å². The van der Waals surface area contributed by atoms with Crippen molar-refractivity contribution in [2.45, 2.75) is 19.1 Å². The molecule has 0 fully saturated rings. The number of nitrogens with zero attached hydrogens (tertiary/aromatic N) is 6. The lowest BCUT2D eigenvalue weighted by atomic mass is 10.1. The standard InChI is InChI=1S/C19H16F3N7O/c1-10(12-4-3-11(6-25-12)19(20,21)22)28(2)18(30)13-5-15-14(7-26-13)27-17(23)16-8-24-9-29(15)16/h3-10H,1-2H3,(H2,23,27)/t10-/m1/s1. The Morgan fingerprint density at radius 3 is 2.60 bits per heavy atom. The highest BCUT2D eigenvalue weighted by atomic mass is 19.4. The predicted molar refractivity (Wildman–Crippen MR) is 102 cm³/mol. The first-order valence-corrected chi connectivity index (χ1v) is 8.84. The van der Waals surface area contributed by atoms with Crippen LogP contribution in [0.15, 0.2) is 43.1 Å². The van der Waals surface area contributed by atoms with Crippen molar-refractivity contribution >= 4 is 28.3 Å². The number of hydrogen-bond donors (Lipinski definition) is 1. The number of imidazole rings is 1. The summed E-state index contributed by atoms with van der Waals surface area (Å²) >= 11 is 0. The number of carbonyl (C=O) groups is 1. The first-order valence-electron chi connectivity index (χ1n) is 8.84. The summed E-state index contributed by atoms with van der Waals surface area (Å²) in [4.78, 5) is 30.7. The summed E-state index contributed by atoms with van der Waals surface area (Å²) in [7, 11) is 1.53. The summed E-state index contributed by atoms with van der Waals surface area (Å²) in [6, 6.07) is 3.20. The molecule has 30 heavy (non-hydrogen) atoms. The van der Waals surface area contributed by atoms with Gasteiger partial charge < -0.3 is 10.6 Å².